The SMILES string of the molecule is CN(C(=O)COc1ccc(C#N)cc1)C1CC1. The van der Waals surface area contributed by atoms with Crippen molar-refractivity contribution in [2.45, 2.75) is 18.9 Å². The highest BCUT2D eigenvalue weighted by atomic mass is 16.5. The molecule has 17 heavy (non-hydrogen) atoms. The van der Waals surface area contributed by atoms with Gasteiger partial charge < -0.3 is 9.64 Å². The van der Waals surface area contributed by atoms with Crippen LogP contribution in [0.15, 0.2) is 24.3 Å². The summed E-state index contributed by atoms with van der Waals surface area (Å²) in [5, 5.41) is 8.64. The second-order valence-corrected chi connectivity index (χ2v) is 4.16. The van der Waals surface area contributed by atoms with Gasteiger partial charge in [0.05, 0.1) is 11.6 Å². The van der Waals surface area contributed by atoms with Crippen LogP contribution in [0.3, 0.4) is 0 Å². The predicted octanol–water partition coefficient (Wildman–Crippen LogP) is 1.56. The van der Waals surface area contributed by atoms with Crippen molar-refractivity contribution < 1.29 is 9.53 Å². The fourth-order valence-corrected chi connectivity index (χ4v) is 1.54. The maximum atomic E-state index is 11.7. The van der Waals surface area contributed by atoms with Crippen LogP contribution >= 0.6 is 0 Å². The molecule has 1 aromatic rings. The zero-order valence-corrected chi connectivity index (χ0v) is 9.72. The molecule has 1 saturated carbocycles. The molecule has 0 aliphatic heterocycles. The van der Waals surface area contributed by atoms with Crippen LogP contribution in [0.5, 0.6) is 5.75 Å². The molecule has 4 nitrogen and oxygen atoms in total. The fraction of sp³-hybridized carbons (Fsp3) is 0.385. The summed E-state index contributed by atoms with van der Waals surface area (Å²) in [7, 11) is 1.81. The Morgan fingerprint density at radius 3 is 2.65 bits per heavy atom. The number of carbonyl (C=O) groups excluding carboxylic acids is 1. The van der Waals surface area contributed by atoms with Crippen LogP contribution in [0, 0.1) is 11.3 Å². The number of rotatable bonds is 4. The van der Waals surface area contributed by atoms with Crippen LogP contribution in [0.2, 0.25) is 0 Å². The summed E-state index contributed by atoms with van der Waals surface area (Å²) in [6, 6.07) is 9.18. The molecule has 4 heteroatoms. The molecule has 0 unspecified atom stereocenters. The minimum atomic E-state index is -0.00291. The van der Waals surface area contributed by atoms with Gasteiger partial charge in [0.25, 0.3) is 5.91 Å². The number of ether oxygens (including phenoxy) is 1. The Labute approximate surface area is 100 Å². The lowest BCUT2D eigenvalue weighted by Crippen LogP contribution is -2.33. The largest absolute Gasteiger partial charge is 0.484 e. The molecule has 1 aromatic carbocycles. The van der Waals surface area contributed by atoms with E-state index in [0.717, 1.165) is 12.8 Å². The van der Waals surface area contributed by atoms with Gasteiger partial charge in [0, 0.05) is 13.1 Å². The summed E-state index contributed by atoms with van der Waals surface area (Å²) in [5.41, 5.74) is 0.582. The number of hydrogen-bond donors (Lipinski definition) is 0. The summed E-state index contributed by atoms with van der Waals surface area (Å²) in [6.45, 7) is 0.0545. The molecule has 0 radical (unpaired) electrons. The van der Waals surface area contributed by atoms with Crippen molar-refractivity contribution in [3.8, 4) is 11.8 Å². The number of nitriles is 1. The maximum absolute atomic E-state index is 11.7. The molecular formula is C13H14N2O2. The minimum absolute atomic E-state index is 0.00291. The standard InChI is InChI=1S/C13H14N2O2/c1-15(11-4-5-11)13(16)9-17-12-6-2-10(8-14)3-7-12/h2-3,6-7,11H,4-5,9H2,1H3. The predicted molar refractivity (Wildman–Crippen MR) is 62.4 cm³/mol. The van der Waals surface area contributed by atoms with Crippen LogP contribution in [0.25, 0.3) is 0 Å². The third kappa shape index (κ3) is 2.97. The van der Waals surface area contributed by atoms with Gasteiger partial charge in [-0.1, -0.05) is 0 Å². The van der Waals surface area contributed by atoms with Crippen LogP contribution in [-0.2, 0) is 4.79 Å². The highest BCUT2D eigenvalue weighted by Crippen LogP contribution is 2.25. The summed E-state index contributed by atoms with van der Waals surface area (Å²) in [5.74, 6) is 0.610. The van der Waals surface area contributed by atoms with Gasteiger partial charge in [-0.15, -0.1) is 0 Å². The molecule has 0 bridgehead atoms. The molecule has 0 heterocycles. The number of likely N-dealkylation sites (N-methyl/N-ethyl adjacent to an activating group) is 1. The Morgan fingerprint density at radius 1 is 1.47 bits per heavy atom. The number of hydrogen-bond acceptors (Lipinski definition) is 3. The second-order valence-electron chi connectivity index (χ2n) is 4.16. The van der Waals surface area contributed by atoms with Crippen LogP contribution < -0.4 is 4.74 Å². The molecule has 0 saturated heterocycles. The van der Waals surface area contributed by atoms with E-state index in [-0.39, 0.29) is 12.5 Å². The minimum Gasteiger partial charge on any atom is -0.484 e. The van der Waals surface area contributed by atoms with E-state index in [1.54, 1.807) is 29.2 Å². The smallest absolute Gasteiger partial charge is 0.260 e. The van der Waals surface area contributed by atoms with Crippen molar-refractivity contribution in [3.63, 3.8) is 0 Å². The Bertz CT molecular complexity index is 443. The van der Waals surface area contributed by atoms with E-state index >= 15 is 0 Å². The summed E-state index contributed by atoms with van der Waals surface area (Å²) in [4.78, 5) is 13.4. The molecule has 0 atom stereocenters. The first-order valence-corrected chi connectivity index (χ1v) is 5.59. The Kier molecular flexibility index (Phi) is 3.29. The van der Waals surface area contributed by atoms with Gasteiger partial charge in [-0.3, -0.25) is 4.79 Å². The first-order chi connectivity index (χ1) is 8.20. The second kappa shape index (κ2) is 4.88. The lowest BCUT2D eigenvalue weighted by Gasteiger charge is -2.16. The third-order valence-corrected chi connectivity index (χ3v) is 2.83. The Morgan fingerprint density at radius 2 is 2.12 bits per heavy atom. The normalized spacial score (nSPS) is 13.9. The monoisotopic (exact) mass is 230 g/mol. The molecule has 2 rings (SSSR count). The average Bonchev–Trinajstić information content (AvgIpc) is 3.20. The summed E-state index contributed by atoms with van der Waals surface area (Å²) in [6.07, 6.45) is 2.19. The van der Waals surface area contributed by atoms with Crippen LogP contribution in [-0.4, -0.2) is 30.5 Å². The van der Waals surface area contributed by atoms with Crippen molar-refractivity contribution in [3.05, 3.63) is 29.8 Å². The highest BCUT2D eigenvalue weighted by Gasteiger charge is 2.29. The zero-order valence-electron chi connectivity index (χ0n) is 9.72. The van der Waals surface area contributed by atoms with Gasteiger partial charge in [-0.25, -0.2) is 0 Å². The van der Waals surface area contributed by atoms with Crippen LogP contribution in [0.1, 0.15) is 18.4 Å². The van der Waals surface area contributed by atoms with E-state index in [2.05, 4.69) is 0 Å². The zero-order chi connectivity index (χ0) is 12.3. The number of benzene rings is 1. The molecule has 1 fully saturated rings. The van der Waals surface area contributed by atoms with Crippen molar-refractivity contribution >= 4 is 5.91 Å². The van der Waals surface area contributed by atoms with E-state index < -0.39 is 0 Å². The van der Waals surface area contributed by atoms with E-state index in [0.29, 0.717) is 17.4 Å². The average molecular weight is 230 g/mol. The van der Waals surface area contributed by atoms with Gasteiger partial charge in [-0.2, -0.15) is 5.26 Å². The first-order valence-electron chi connectivity index (χ1n) is 5.59. The van der Waals surface area contributed by atoms with Gasteiger partial charge in [0.2, 0.25) is 0 Å². The molecule has 1 amide bonds. The van der Waals surface area contributed by atoms with Gasteiger partial charge >= 0.3 is 0 Å². The summed E-state index contributed by atoms with van der Waals surface area (Å²) < 4.78 is 5.37. The quantitative estimate of drug-likeness (QED) is 0.788. The van der Waals surface area contributed by atoms with Gasteiger partial charge in [0.15, 0.2) is 6.61 Å². The number of nitrogens with zero attached hydrogens (tertiary/aromatic N) is 2. The van der Waals surface area contributed by atoms with Crippen molar-refractivity contribution in [2.24, 2.45) is 0 Å². The van der Waals surface area contributed by atoms with Gasteiger partial charge in [-0.05, 0) is 37.1 Å². The molecule has 1 aliphatic rings. The lowest BCUT2D eigenvalue weighted by molar-refractivity contribution is -0.132. The van der Waals surface area contributed by atoms with E-state index in [9.17, 15) is 4.79 Å². The maximum Gasteiger partial charge on any atom is 0.260 e. The first kappa shape index (κ1) is 11.5. The number of amides is 1. The van der Waals surface area contributed by atoms with Gasteiger partial charge in [0.1, 0.15) is 5.75 Å². The summed E-state index contributed by atoms with van der Waals surface area (Å²) >= 11 is 0. The fourth-order valence-electron chi connectivity index (χ4n) is 1.54. The van der Waals surface area contributed by atoms with E-state index in [4.69, 9.17) is 10.00 Å². The third-order valence-electron chi connectivity index (χ3n) is 2.83. The molecule has 1 aliphatic carbocycles. The Balaban J connectivity index is 1.84. The van der Waals surface area contributed by atoms with Crippen molar-refractivity contribution in [1.82, 2.24) is 4.90 Å². The van der Waals surface area contributed by atoms with E-state index in [1.165, 1.54) is 0 Å². The highest BCUT2D eigenvalue weighted by molar-refractivity contribution is 5.78. The molecule has 0 spiro atoms. The molecule has 0 aromatic heterocycles. The van der Waals surface area contributed by atoms with Crippen LogP contribution in [0.4, 0.5) is 0 Å². The van der Waals surface area contributed by atoms with E-state index in [1.807, 2.05) is 13.1 Å². The molecule has 0 N–H and O–H groups in total. The number of carbonyl (C=O) groups is 1. The molecule has 88 valence electrons. The lowest BCUT2D eigenvalue weighted by atomic mass is 10.2. The Hall–Kier alpha value is -2.02. The molecular weight excluding hydrogens is 216 g/mol. The van der Waals surface area contributed by atoms with Crippen molar-refractivity contribution in [2.75, 3.05) is 13.7 Å². The topological polar surface area (TPSA) is 53.3 Å². The van der Waals surface area contributed by atoms with Crippen molar-refractivity contribution in [1.29, 1.82) is 5.26 Å².